The maximum Gasteiger partial charge on any atom is 0.326 e. The van der Waals surface area contributed by atoms with E-state index < -0.39 is 17.9 Å². The van der Waals surface area contributed by atoms with Crippen LogP contribution in [0.2, 0.25) is 0 Å². The Labute approximate surface area is 164 Å². The summed E-state index contributed by atoms with van der Waals surface area (Å²) in [5.74, 6) is -0.385. The smallest absolute Gasteiger partial charge is 0.326 e. The van der Waals surface area contributed by atoms with Crippen LogP contribution < -0.4 is 14.8 Å². The molecule has 1 atom stereocenters. The van der Waals surface area contributed by atoms with E-state index >= 15 is 0 Å². The standard InChI is InChI=1S/C22H25NO5/c1-15(2)28-19-11-9-17(14-20(19)27-3)10-12-21(24)23-18(22(25)26)13-16-7-5-4-6-8-16/h4-12,14-15,18H,13H2,1-3H3,(H,23,24)(H,25,26)/b12-10+/t18-/m1/s1. The first-order valence-corrected chi connectivity index (χ1v) is 8.99. The summed E-state index contributed by atoms with van der Waals surface area (Å²) in [6.07, 6.45) is 3.13. The molecule has 0 aliphatic carbocycles. The molecule has 6 nitrogen and oxygen atoms in total. The molecule has 0 aliphatic heterocycles. The molecule has 6 heteroatoms. The summed E-state index contributed by atoms with van der Waals surface area (Å²) in [5, 5.41) is 11.9. The predicted molar refractivity (Wildman–Crippen MR) is 108 cm³/mol. The van der Waals surface area contributed by atoms with Crippen molar-refractivity contribution in [3.05, 3.63) is 65.7 Å². The lowest BCUT2D eigenvalue weighted by Crippen LogP contribution is -2.41. The number of carboxylic acid groups (broad SMARTS) is 1. The molecule has 0 bridgehead atoms. The van der Waals surface area contributed by atoms with E-state index in [-0.39, 0.29) is 12.5 Å². The van der Waals surface area contributed by atoms with Gasteiger partial charge in [-0.2, -0.15) is 0 Å². The van der Waals surface area contributed by atoms with Crippen LogP contribution in [-0.4, -0.2) is 36.2 Å². The Morgan fingerprint density at radius 1 is 1.11 bits per heavy atom. The largest absolute Gasteiger partial charge is 0.493 e. The summed E-state index contributed by atoms with van der Waals surface area (Å²) in [7, 11) is 1.55. The van der Waals surface area contributed by atoms with Gasteiger partial charge in [0.25, 0.3) is 0 Å². The first kappa shape index (κ1) is 21.0. The maximum absolute atomic E-state index is 12.2. The number of ether oxygens (including phenoxy) is 2. The van der Waals surface area contributed by atoms with E-state index in [4.69, 9.17) is 9.47 Å². The lowest BCUT2D eigenvalue weighted by atomic mass is 10.1. The Morgan fingerprint density at radius 3 is 2.43 bits per heavy atom. The Bertz CT molecular complexity index is 830. The molecule has 0 saturated heterocycles. The Balaban J connectivity index is 2.04. The van der Waals surface area contributed by atoms with Gasteiger partial charge in [0.1, 0.15) is 6.04 Å². The van der Waals surface area contributed by atoms with E-state index in [0.717, 1.165) is 11.1 Å². The normalized spacial score (nSPS) is 12.0. The maximum atomic E-state index is 12.2. The minimum absolute atomic E-state index is 0.0126. The minimum Gasteiger partial charge on any atom is -0.493 e. The number of carbonyl (C=O) groups excluding carboxylic acids is 1. The fraction of sp³-hybridized carbons (Fsp3) is 0.273. The molecule has 2 N–H and O–H groups in total. The fourth-order valence-corrected chi connectivity index (χ4v) is 2.58. The zero-order valence-corrected chi connectivity index (χ0v) is 16.2. The van der Waals surface area contributed by atoms with E-state index in [2.05, 4.69) is 5.32 Å². The van der Waals surface area contributed by atoms with Gasteiger partial charge in [0, 0.05) is 12.5 Å². The molecular weight excluding hydrogens is 358 g/mol. The van der Waals surface area contributed by atoms with Crippen molar-refractivity contribution in [2.45, 2.75) is 32.4 Å². The van der Waals surface area contributed by atoms with Crippen LogP contribution in [0.1, 0.15) is 25.0 Å². The van der Waals surface area contributed by atoms with Crippen molar-refractivity contribution >= 4 is 18.0 Å². The molecule has 0 spiro atoms. The highest BCUT2D eigenvalue weighted by molar-refractivity contribution is 5.94. The molecule has 0 aliphatic rings. The Hall–Kier alpha value is -3.28. The molecule has 2 aromatic carbocycles. The van der Waals surface area contributed by atoms with Crippen molar-refractivity contribution in [2.75, 3.05) is 7.11 Å². The zero-order chi connectivity index (χ0) is 20.5. The third-order valence-corrected chi connectivity index (χ3v) is 3.87. The molecular formula is C22H25NO5. The van der Waals surface area contributed by atoms with Crippen LogP contribution in [0.25, 0.3) is 6.08 Å². The third-order valence-electron chi connectivity index (χ3n) is 3.87. The van der Waals surface area contributed by atoms with E-state index in [1.807, 2.05) is 44.2 Å². The highest BCUT2D eigenvalue weighted by atomic mass is 16.5. The first-order chi connectivity index (χ1) is 13.4. The molecule has 0 unspecified atom stereocenters. The molecule has 0 radical (unpaired) electrons. The topological polar surface area (TPSA) is 84.9 Å². The number of rotatable bonds is 9. The SMILES string of the molecule is COc1cc(/C=C/C(=O)N[C@H](Cc2ccccc2)C(=O)O)ccc1OC(C)C. The molecule has 148 valence electrons. The van der Waals surface area contributed by atoms with Crippen molar-refractivity contribution in [3.63, 3.8) is 0 Å². The summed E-state index contributed by atoms with van der Waals surface area (Å²) >= 11 is 0. The molecule has 2 rings (SSSR count). The van der Waals surface area contributed by atoms with E-state index in [1.165, 1.54) is 6.08 Å². The van der Waals surface area contributed by atoms with Crippen molar-refractivity contribution < 1.29 is 24.2 Å². The molecule has 0 fully saturated rings. The van der Waals surface area contributed by atoms with Crippen molar-refractivity contribution in [1.29, 1.82) is 0 Å². The molecule has 0 saturated carbocycles. The van der Waals surface area contributed by atoms with Gasteiger partial charge in [0.2, 0.25) is 5.91 Å². The van der Waals surface area contributed by atoms with E-state index in [0.29, 0.717) is 11.5 Å². The van der Waals surface area contributed by atoms with E-state index in [9.17, 15) is 14.7 Å². The third kappa shape index (κ3) is 6.46. The summed E-state index contributed by atoms with van der Waals surface area (Å²) in [5.41, 5.74) is 1.57. The number of amides is 1. The number of hydrogen-bond donors (Lipinski definition) is 2. The fourth-order valence-electron chi connectivity index (χ4n) is 2.58. The van der Waals surface area contributed by atoms with Gasteiger partial charge in [-0.3, -0.25) is 4.79 Å². The Kier molecular flexibility index (Phi) is 7.63. The lowest BCUT2D eigenvalue weighted by Gasteiger charge is -2.14. The average molecular weight is 383 g/mol. The summed E-state index contributed by atoms with van der Waals surface area (Å²) in [6.45, 7) is 3.85. The van der Waals surface area contributed by atoms with Gasteiger partial charge in [0.15, 0.2) is 11.5 Å². The van der Waals surface area contributed by atoms with Crippen LogP contribution in [-0.2, 0) is 16.0 Å². The molecule has 1 amide bonds. The first-order valence-electron chi connectivity index (χ1n) is 8.99. The number of nitrogens with one attached hydrogen (secondary N) is 1. The lowest BCUT2D eigenvalue weighted by molar-refractivity contribution is -0.141. The highest BCUT2D eigenvalue weighted by Gasteiger charge is 2.19. The van der Waals surface area contributed by atoms with Gasteiger partial charge < -0.3 is 19.9 Å². The number of carboxylic acids is 1. The number of carbonyl (C=O) groups is 2. The number of benzene rings is 2. The second-order valence-corrected chi connectivity index (χ2v) is 6.50. The summed E-state index contributed by atoms with van der Waals surface area (Å²) in [4.78, 5) is 23.6. The summed E-state index contributed by atoms with van der Waals surface area (Å²) < 4.78 is 11.0. The monoisotopic (exact) mass is 383 g/mol. The number of aliphatic carboxylic acids is 1. The van der Waals surface area contributed by atoms with Crippen molar-refractivity contribution in [2.24, 2.45) is 0 Å². The van der Waals surface area contributed by atoms with Gasteiger partial charge in [0.05, 0.1) is 13.2 Å². The van der Waals surface area contributed by atoms with Crippen LogP contribution in [0.15, 0.2) is 54.6 Å². The quantitative estimate of drug-likeness (QED) is 0.649. The molecule has 0 heterocycles. The van der Waals surface area contributed by atoms with Crippen molar-refractivity contribution in [3.8, 4) is 11.5 Å². The molecule has 0 aromatic heterocycles. The van der Waals surface area contributed by atoms with Crippen LogP contribution in [0.5, 0.6) is 11.5 Å². The number of methoxy groups -OCH3 is 1. The average Bonchev–Trinajstić information content (AvgIpc) is 2.67. The predicted octanol–water partition coefficient (Wildman–Crippen LogP) is 3.31. The highest BCUT2D eigenvalue weighted by Crippen LogP contribution is 2.29. The van der Waals surface area contributed by atoms with E-state index in [1.54, 1.807) is 31.4 Å². The zero-order valence-electron chi connectivity index (χ0n) is 16.2. The van der Waals surface area contributed by atoms with Gasteiger partial charge >= 0.3 is 5.97 Å². The van der Waals surface area contributed by atoms with Gasteiger partial charge in [-0.05, 0) is 43.2 Å². The van der Waals surface area contributed by atoms with Crippen LogP contribution >= 0.6 is 0 Å². The van der Waals surface area contributed by atoms with Crippen LogP contribution in [0, 0.1) is 0 Å². The second kappa shape index (κ2) is 10.2. The van der Waals surface area contributed by atoms with Crippen molar-refractivity contribution in [1.82, 2.24) is 5.32 Å². The summed E-state index contributed by atoms with van der Waals surface area (Å²) in [6, 6.07) is 13.5. The molecule has 2 aromatic rings. The number of hydrogen-bond acceptors (Lipinski definition) is 4. The van der Waals surface area contributed by atoms with Crippen LogP contribution in [0.3, 0.4) is 0 Å². The van der Waals surface area contributed by atoms with Gasteiger partial charge in [-0.1, -0.05) is 36.4 Å². The molecule has 28 heavy (non-hydrogen) atoms. The van der Waals surface area contributed by atoms with Gasteiger partial charge in [-0.15, -0.1) is 0 Å². The Morgan fingerprint density at radius 2 is 1.82 bits per heavy atom. The van der Waals surface area contributed by atoms with Gasteiger partial charge in [-0.25, -0.2) is 4.79 Å². The van der Waals surface area contributed by atoms with Crippen LogP contribution in [0.4, 0.5) is 0 Å². The minimum atomic E-state index is -1.08. The second-order valence-electron chi connectivity index (χ2n) is 6.50.